The van der Waals surface area contributed by atoms with Crippen molar-refractivity contribution in [1.82, 2.24) is 0 Å². The normalized spacial score (nSPS) is 21.3. The Morgan fingerprint density at radius 2 is 1.74 bits per heavy atom. The Balaban J connectivity index is 1.86. The van der Waals surface area contributed by atoms with Crippen molar-refractivity contribution in [2.45, 2.75) is 18.9 Å². The van der Waals surface area contributed by atoms with E-state index in [1.54, 1.807) is 21.3 Å². The van der Waals surface area contributed by atoms with Crippen molar-refractivity contribution in [2.24, 2.45) is 0 Å². The number of likely N-dealkylation sites (N-methyl/N-ethyl adjacent to an activating group) is 1. The smallest absolute Gasteiger partial charge is 0.231 e. The molecule has 6 nitrogen and oxygen atoms in total. The van der Waals surface area contributed by atoms with Crippen LogP contribution in [0.15, 0.2) is 12.1 Å². The lowest BCUT2D eigenvalue weighted by molar-refractivity contribution is -0.914. The second kappa shape index (κ2) is 5.96. The molecule has 2 aliphatic heterocycles. The van der Waals surface area contributed by atoms with Crippen LogP contribution in [0.4, 0.5) is 0 Å². The molecule has 27 heavy (non-hydrogen) atoms. The van der Waals surface area contributed by atoms with Gasteiger partial charge in [0.2, 0.25) is 12.5 Å². The van der Waals surface area contributed by atoms with Crippen molar-refractivity contribution in [3.8, 4) is 39.9 Å². The first-order valence-electron chi connectivity index (χ1n) is 9.27. The van der Waals surface area contributed by atoms with Gasteiger partial charge in [0.15, 0.2) is 23.0 Å². The zero-order valence-corrected chi connectivity index (χ0v) is 16.1. The molecule has 0 radical (unpaired) electrons. The van der Waals surface area contributed by atoms with Crippen molar-refractivity contribution in [3.63, 3.8) is 0 Å². The van der Waals surface area contributed by atoms with Crippen molar-refractivity contribution in [1.29, 1.82) is 0 Å². The van der Waals surface area contributed by atoms with Crippen LogP contribution in [0.25, 0.3) is 11.1 Å². The van der Waals surface area contributed by atoms with Gasteiger partial charge in [0.1, 0.15) is 6.04 Å². The predicted molar refractivity (Wildman–Crippen MR) is 99.6 cm³/mol. The van der Waals surface area contributed by atoms with Gasteiger partial charge < -0.3 is 28.6 Å². The number of methoxy groups -OCH3 is 3. The molecule has 0 spiro atoms. The summed E-state index contributed by atoms with van der Waals surface area (Å²) >= 11 is 0. The Morgan fingerprint density at radius 1 is 1.00 bits per heavy atom. The number of ether oxygens (including phenoxy) is 5. The summed E-state index contributed by atoms with van der Waals surface area (Å²) in [5.41, 5.74) is 6.11. The molecular formula is C21H24NO5+. The Labute approximate surface area is 158 Å². The highest BCUT2D eigenvalue weighted by atomic mass is 16.7. The van der Waals surface area contributed by atoms with E-state index in [2.05, 4.69) is 19.2 Å². The zero-order chi connectivity index (χ0) is 18.7. The number of hydrogen-bond donors (Lipinski definition) is 1. The number of fused-ring (bicyclic) bond motifs is 4. The Kier molecular flexibility index (Phi) is 3.65. The first-order chi connectivity index (χ1) is 13.2. The predicted octanol–water partition coefficient (Wildman–Crippen LogP) is 1.78. The molecule has 1 aliphatic carbocycles. The van der Waals surface area contributed by atoms with Crippen LogP contribution in [0.3, 0.4) is 0 Å². The fourth-order valence-corrected chi connectivity index (χ4v) is 4.84. The summed E-state index contributed by atoms with van der Waals surface area (Å²) < 4.78 is 28.7. The van der Waals surface area contributed by atoms with E-state index in [9.17, 15) is 0 Å². The van der Waals surface area contributed by atoms with E-state index < -0.39 is 0 Å². The lowest BCUT2D eigenvalue weighted by Gasteiger charge is -2.38. The number of benzene rings is 2. The van der Waals surface area contributed by atoms with E-state index >= 15 is 0 Å². The molecule has 5 rings (SSSR count). The molecule has 0 aromatic heterocycles. The number of quaternary nitrogens is 1. The molecule has 0 amide bonds. The number of hydrogen-bond acceptors (Lipinski definition) is 5. The molecule has 0 saturated carbocycles. The largest absolute Gasteiger partial charge is 0.493 e. The summed E-state index contributed by atoms with van der Waals surface area (Å²) in [5, 5.41) is 0. The van der Waals surface area contributed by atoms with Crippen molar-refractivity contribution in [3.05, 3.63) is 28.8 Å². The highest BCUT2D eigenvalue weighted by molar-refractivity contribution is 5.87. The van der Waals surface area contributed by atoms with E-state index in [-0.39, 0.29) is 6.79 Å². The monoisotopic (exact) mass is 370 g/mol. The molecule has 1 N–H and O–H groups in total. The first-order valence-corrected chi connectivity index (χ1v) is 9.27. The van der Waals surface area contributed by atoms with Gasteiger partial charge in [-0.15, -0.1) is 0 Å². The van der Waals surface area contributed by atoms with Gasteiger partial charge in [0, 0.05) is 29.5 Å². The van der Waals surface area contributed by atoms with Gasteiger partial charge in [-0.2, -0.15) is 0 Å². The van der Waals surface area contributed by atoms with Gasteiger partial charge in [0.25, 0.3) is 0 Å². The Morgan fingerprint density at radius 3 is 2.48 bits per heavy atom. The maximum absolute atomic E-state index is 5.95. The SMILES string of the molecule is COc1cc2c(cc1OC)-c1c3c(c(OC)c4c1[C@@H](C2)[NH+](C)CC4)OCO3. The first kappa shape index (κ1) is 16.6. The standard InChI is InChI=1S/C21H23NO5/c1-22-6-5-12-17-14(22)7-11-8-15(23-2)16(24-3)9-13(11)18(17)20-21(19(12)25-4)27-10-26-20/h8-9,14H,5-7,10H2,1-4H3/p+1/t14-/m1/s1. The van der Waals surface area contributed by atoms with Gasteiger partial charge in [-0.05, 0) is 23.3 Å². The van der Waals surface area contributed by atoms with Gasteiger partial charge in [-0.1, -0.05) is 0 Å². The van der Waals surface area contributed by atoms with Crippen molar-refractivity contribution < 1.29 is 28.6 Å². The molecule has 1 unspecified atom stereocenters. The summed E-state index contributed by atoms with van der Waals surface area (Å²) in [4.78, 5) is 1.50. The molecular weight excluding hydrogens is 346 g/mol. The van der Waals surface area contributed by atoms with Crippen LogP contribution in [-0.2, 0) is 12.8 Å². The third kappa shape index (κ3) is 2.16. The van der Waals surface area contributed by atoms with E-state index in [4.69, 9.17) is 23.7 Å². The minimum atomic E-state index is 0.220. The molecule has 2 heterocycles. The lowest BCUT2D eigenvalue weighted by atomic mass is 9.76. The maximum atomic E-state index is 5.95. The van der Waals surface area contributed by atoms with E-state index in [0.29, 0.717) is 6.04 Å². The summed E-state index contributed by atoms with van der Waals surface area (Å²) in [6, 6.07) is 4.53. The molecule has 2 aromatic rings. The average Bonchev–Trinajstić information content (AvgIpc) is 3.18. The lowest BCUT2D eigenvalue weighted by Crippen LogP contribution is -3.10. The molecule has 142 valence electrons. The molecule has 0 saturated heterocycles. The topological polar surface area (TPSA) is 50.6 Å². The Bertz CT molecular complexity index is 939. The van der Waals surface area contributed by atoms with Gasteiger partial charge in [0.05, 0.1) is 34.9 Å². The van der Waals surface area contributed by atoms with Gasteiger partial charge >= 0.3 is 0 Å². The van der Waals surface area contributed by atoms with Crippen LogP contribution in [0.5, 0.6) is 28.7 Å². The second-order valence-electron chi connectivity index (χ2n) is 7.33. The van der Waals surface area contributed by atoms with Crippen LogP contribution in [0, 0.1) is 0 Å². The summed E-state index contributed by atoms with van der Waals surface area (Å²) in [5.74, 6) is 3.84. The van der Waals surface area contributed by atoms with Crippen LogP contribution >= 0.6 is 0 Å². The maximum Gasteiger partial charge on any atom is 0.231 e. The third-order valence-corrected chi connectivity index (χ3v) is 6.13. The number of rotatable bonds is 3. The molecule has 6 heteroatoms. The van der Waals surface area contributed by atoms with E-state index in [1.807, 2.05) is 0 Å². The zero-order valence-electron chi connectivity index (χ0n) is 16.1. The number of nitrogens with one attached hydrogen (secondary N) is 1. The molecule has 0 bridgehead atoms. The van der Waals surface area contributed by atoms with Crippen LogP contribution in [0.2, 0.25) is 0 Å². The highest BCUT2D eigenvalue weighted by Crippen LogP contribution is 2.57. The van der Waals surface area contributed by atoms with Crippen LogP contribution < -0.4 is 28.6 Å². The third-order valence-electron chi connectivity index (χ3n) is 6.13. The molecule has 3 aliphatic rings. The van der Waals surface area contributed by atoms with Crippen LogP contribution in [0.1, 0.15) is 22.7 Å². The molecule has 0 fully saturated rings. The van der Waals surface area contributed by atoms with E-state index in [1.165, 1.54) is 21.6 Å². The summed E-state index contributed by atoms with van der Waals surface area (Å²) in [6.45, 7) is 1.29. The summed E-state index contributed by atoms with van der Waals surface area (Å²) in [6.07, 6.45) is 1.91. The minimum absolute atomic E-state index is 0.220. The van der Waals surface area contributed by atoms with Gasteiger partial charge in [-0.3, -0.25) is 0 Å². The van der Waals surface area contributed by atoms with Crippen molar-refractivity contribution >= 4 is 0 Å². The van der Waals surface area contributed by atoms with Gasteiger partial charge in [-0.25, -0.2) is 0 Å². The molecule has 2 aromatic carbocycles. The van der Waals surface area contributed by atoms with Crippen molar-refractivity contribution in [2.75, 3.05) is 41.7 Å². The Hall–Kier alpha value is -2.60. The highest BCUT2D eigenvalue weighted by Gasteiger charge is 2.43. The minimum Gasteiger partial charge on any atom is -0.493 e. The summed E-state index contributed by atoms with van der Waals surface area (Å²) in [7, 11) is 7.32. The van der Waals surface area contributed by atoms with E-state index in [0.717, 1.165) is 59.3 Å². The average molecular weight is 370 g/mol. The van der Waals surface area contributed by atoms with Crippen LogP contribution in [-0.4, -0.2) is 41.7 Å². The fraction of sp³-hybridized carbons (Fsp3) is 0.429. The fourth-order valence-electron chi connectivity index (χ4n) is 4.84. The quantitative estimate of drug-likeness (QED) is 0.893. The second-order valence-corrected chi connectivity index (χ2v) is 7.33. The molecule has 2 atom stereocenters.